The number of anilines is 1. The van der Waals surface area contributed by atoms with Gasteiger partial charge < -0.3 is 14.4 Å². The van der Waals surface area contributed by atoms with Crippen LogP contribution in [0.5, 0.6) is 11.6 Å². The Balaban J connectivity index is 1.60. The molecule has 35 heavy (non-hydrogen) atoms. The predicted octanol–water partition coefficient (Wildman–Crippen LogP) is 4.61. The highest BCUT2D eigenvalue weighted by molar-refractivity contribution is 9.10. The highest BCUT2D eigenvalue weighted by atomic mass is 79.9. The Morgan fingerprint density at radius 2 is 2.03 bits per heavy atom. The van der Waals surface area contributed by atoms with Crippen LogP contribution in [0.15, 0.2) is 47.2 Å². The second-order valence-electron chi connectivity index (χ2n) is 7.65. The topological polar surface area (TPSA) is 121 Å². The summed E-state index contributed by atoms with van der Waals surface area (Å²) in [7, 11) is 0. The molecule has 2 atom stereocenters. The lowest BCUT2D eigenvalue weighted by molar-refractivity contribution is -0.138. The van der Waals surface area contributed by atoms with Crippen LogP contribution in [-0.4, -0.2) is 34.6 Å². The summed E-state index contributed by atoms with van der Waals surface area (Å²) >= 11 is 0.576. The molecule has 0 saturated carbocycles. The molecule has 1 aliphatic rings. The van der Waals surface area contributed by atoms with Crippen molar-refractivity contribution < 1.29 is 36.6 Å². The Kier molecular flexibility index (Phi) is 7.15. The first-order chi connectivity index (χ1) is 16.5. The Hall–Kier alpha value is -2.97. The third-order valence-electron chi connectivity index (χ3n) is 5.40. The van der Waals surface area contributed by atoms with Crippen LogP contribution >= 0.6 is 15.9 Å². The second kappa shape index (κ2) is 9.95. The Morgan fingerprint density at radius 1 is 1.31 bits per heavy atom. The molecule has 9 nitrogen and oxygen atoms in total. The Morgan fingerprint density at radius 3 is 2.63 bits per heavy atom. The fourth-order valence-electron chi connectivity index (χ4n) is 3.91. The van der Waals surface area contributed by atoms with E-state index in [-0.39, 0.29) is 28.3 Å². The van der Waals surface area contributed by atoms with Crippen LogP contribution in [0.25, 0.3) is 0 Å². The number of nitrogens with zero attached hydrogens (tertiary/aromatic N) is 4. The largest absolute Gasteiger partial charge is 0.755 e. The van der Waals surface area contributed by atoms with E-state index in [1.165, 1.54) is 23.1 Å². The molecule has 186 valence electrons. The summed E-state index contributed by atoms with van der Waals surface area (Å²) < 4.78 is 71.0. The van der Waals surface area contributed by atoms with Gasteiger partial charge in [0.2, 0.25) is 5.88 Å². The Labute approximate surface area is 208 Å². The first-order valence-electron chi connectivity index (χ1n) is 10.2. The molecule has 1 aliphatic carbocycles. The number of hydrogen-bond donors (Lipinski definition) is 1. The lowest BCUT2D eigenvalue weighted by Crippen LogP contribution is -2.33. The van der Waals surface area contributed by atoms with E-state index < -0.39 is 35.0 Å². The average Bonchev–Trinajstić information content (AvgIpc) is 3.18. The molecule has 2 aromatic heterocycles. The first kappa shape index (κ1) is 25.1. The van der Waals surface area contributed by atoms with Gasteiger partial charge in [0.25, 0.3) is 0 Å². The highest BCUT2D eigenvalue weighted by Gasteiger charge is 2.32. The van der Waals surface area contributed by atoms with Crippen molar-refractivity contribution in [1.29, 1.82) is 0 Å². The number of carboxylic acids is 1. The number of aliphatic carboxylic acids is 1. The van der Waals surface area contributed by atoms with Crippen molar-refractivity contribution in [3.8, 4) is 11.6 Å². The molecule has 0 saturated heterocycles. The summed E-state index contributed by atoms with van der Waals surface area (Å²) in [5, 5.41) is 13.2. The molecular formula is C21H17BrF3N4O5S-. The smallest absolute Gasteiger partial charge is 0.416 e. The maximum atomic E-state index is 12.8. The summed E-state index contributed by atoms with van der Waals surface area (Å²) in [4.78, 5) is 15.3. The molecule has 0 fully saturated rings. The summed E-state index contributed by atoms with van der Waals surface area (Å²) in [6, 6.07) is 4.92. The van der Waals surface area contributed by atoms with Gasteiger partial charge in [0, 0.05) is 22.5 Å². The van der Waals surface area contributed by atoms with Crippen molar-refractivity contribution in [2.75, 3.05) is 4.31 Å². The fraction of sp³-hybridized carbons (Fsp3) is 0.286. The van der Waals surface area contributed by atoms with Crippen LogP contribution < -0.4 is 9.04 Å². The van der Waals surface area contributed by atoms with E-state index in [0.29, 0.717) is 30.5 Å². The lowest BCUT2D eigenvalue weighted by Gasteiger charge is -2.36. The number of fused-ring (bicyclic) bond motifs is 1. The number of carboxylic acid groups (broad SMARTS) is 1. The molecule has 0 spiro atoms. The van der Waals surface area contributed by atoms with Gasteiger partial charge in [0.1, 0.15) is 12.3 Å². The molecule has 4 rings (SSSR count). The van der Waals surface area contributed by atoms with E-state index in [0.717, 1.165) is 28.6 Å². The zero-order chi connectivity index (χ0) is 25.3. The zero-order valence-corrected chi connectivity index (χ0v) is 20.1. The van der Waals surface area contributed by atoms with Crippen molar-refractivity contribution in [3.63, 3.8) is 0 Å². The number of ether oxygens (including phenoxy) is 1. The summed E-state index contributed by atoms with van der Waals surface area (Å²) in [6.07, 6.45) is -0.0378. The average molecular weight is 574 g/mol. The first-order valence-corrected chi connectivity index (χ1v) is 12.0. The number of carbonyl (C=O) groups is 1. The summed E-state index contributed by atoms with van der Waals surface area (Å²) in [5.41, 5.74) is 0.671. The van der Waals surface area contributed by atoms with Crippen molar-refractivity contribution in [2.24, 2.45) is 0 Å². The number of rotatable bonds is 7. The van der Waals surface area contributed by atoms with Crippen LogP contribution in [0, 0.1) is 0 Å². The van der Waals surface area contributed by atoms with E-state index in [4.69, 9.17) is 9.84 Å². The summed E-state index contributed by atoms with van der Waals surface area (Å²) in [6.45, 7) is -0.328. The normalized spacial score (nSPS) is 16.4. The van der Waals surface area contributed by atoms with Gasteiger partial charge in [-0.1, -0.05) is 0 Å². The number of aromatic nitrogens is 3. The van der Waals surface area contributed by atoms with Crippen molar-refractivity contribution in [1.82, 2.24) is 14.8 Å². The molecule has 3 aromatic rings. The van der Waals surface area contributed by atoms with Gasteiger partial charge in [0.15, 0.2) is 0 Å². The minimum Gasteiger partial charge on any atom is -0.755 e. The minimum atomic E-state index is -4.47. The standard InChI is InChI=1S/C21H18BrF3N4O5S/c22-16-8-13(9-26-20(16)34-14-6-4-12(5-7-14)21(23,24)25)29(35(32)33)18-3-1-2-17-15(18)10-27-28(17)11-19(30)31/h4-10,18H,1-3,11H2,(H,30,31)(H,32,33)/p-1. The monoisotopic (exact) mass is 573 g/mol. The molecule has 2 unspecified atom stereocenters. The third kappa shape index (κ3) is 5.49. The lowest BCUT2D eigenvalue weighted by atomic mass is 9.92. The molecule has 0 aliphatic heterocycles. The number of pyridine rings is 1. The number of halogens is 4. The molecule has 0 radical (unpaired) electrons. The fourth-order valence-corrected chi connectivity index (χ4v) is 5.02. The van der Waals surface area contributed by atoms with Gasteiger partial charge in [-0.15, -0.1) is 0 Å². The maximum absolute atomic E-state index is 12.8. The van der Waals surface area contributed by atoms with Crippen molar-refractivity contribution in [3.05, 3.63) is 64.0 Å². The molecule has 0 amide bonds. The van der Waals surface area contributed by atoms with Crippen LogP contribution in [-0.2, 0) is 35.2 Å². The Bertz CT molecular complexity index is 1270. The minimum absolute atomic E-state index is 0.0313. The van der Waals surface area contributed by atoms with Crippen LogP contribution in [0.2, 0.25) is 0 Å². The van der Waals surface area contributed by atoms with Gasteiger partial charge in [-0.2, -0.15) is 18.3 Å². The van der Waals surface area contributed by atoms with E-state index in [9.17, 15) is 26.7 Å². The molecule has 1 aromatic carbocycles. The van der Waals surface area contributed by atoms with Crippen molar-refractivity contribution >= 4 is 38.9 Å². The van der Waals surface area contributed by atoms with Gasteiger partial charge in [-0.05, 0) is 65.5 Å². The van der Waals surface area contributed by atoms with Gasteiger partial charge in [-0.3, -0.25) is 18.0 Å². The maximum Gasteiger partial charge on any atom is 0.416 e. The van der Waals surface area contributed by atoms with Crippen molar-refractivity contribution in [2.45, 2.75) is 38.0 Å². The second-order valence-corrected chi connectivity index (χ2v) is 9.34. The number of hydrogen-bond acceptors (Lipinski definition) is 6. The van der Waals surface area contributed by atoms with Crippen LogP contribution in [0.1, 0.15) is 35.7 Å². The third-order valence-corrected chi connectivity index (χ3v) is 6.76. The van der Waals surface area contributed by atoms with Crippen LogP contribution in [0.4, 0.5) is 18.9 Å². The molecule has 2 heterocycles. The van der Waals surface area contributed by atoms with E-state index in [1.807, 2.05) is 0 Å². The quantitative estimate of drug-likeness (QED) is 0.409. The van der Waals surface area contributed by atoms with Gasteiger partial charge in [0.05, 0.1) is 34.2 Å². The highest BCUT2D eigenvalue weighted by Crippen LogP contribution is 2.40. The molecule has 14 heteroatoms. The number of alkyl halides is 3. The number of benzene rings is 1. The van der Waals surface area contributed by atoms with E-state index in [1.54, 1.807) is 0 Å². The summed E-state index contributed by atoms with van der Waals surface area (Å²) in [5.74, 6) is -0.909. The molecule has 1 N–H and O–H groups in total. The van der Waals surface area contributed by atoms with Crippen LogP contribution in [0.3, 0.4) is 0 Å². The van der Waals surface area contributed by atoms with E-state index in [2.05, 4.69) is 26.0 Å². The van der Waals surface area contributed by atoms with Gasteiger partial charge in [-0.25, -0.2) is 4.98 Å². The van der Waals surface area contributed by atoms with Gasteiger partial charge >= 0.3 is 12.1 Å². The zero-order valence-electron chi connectivity index (χ0n) is 17.7. The molecule has 0 bridgehead atoms. The predicted molar refractivity (Wildman–Crippen MR) is 120 cm³/mol. The molecular weight excluding hydrogens is 557 g/mol. The SMILES string of the molecule is O=C(O)Cn1ncc2c1CCCC2N(c1cnc(Oc2ccc(C(F)(F)F)cc2)c(Br)c1)S(=O)[O-]. The van der Waals surface area contributed by atoms with E-state index >= 15 is 0 Å².